The number of likely N-dealkylation sites (tertiary alicyclic amines) is 1. The lowest BCUT2D eigenvalue weighted by atomic mass is 10.2. The normalized spacial score (nSPS) is 23.2. The molecule has 0 aromatic carbocycles. The van der Waals surface area contributed by atoms with Gasteiger partial charge in [-0.2, -0.15) is 0 Å². The van der Waals surface area contributed by atoms with Crippen LogP contribution in [0.25, 0.3) is 0 Å². The largest absolute Gasteiger partial charge is 0.389 e. The number of β-amino-alcohol motifs (C(OH)–C–C–N with tert-alkyl or cyclic N) is 1. The molecule has 4 heteroatoms. The van der Waals surface area contributed by atoms with Crippen molar-refractivity contribution in [1.29, 1.82) is 0 Å². The first-order valence-electron chi connectivity index (χ1n) is 7.32. The lowest BCUT2D eigenvalue weighted by Gasteiger charge is -2.26. The number of aliphatic hydroxyl groups excluding tert-OH is 1. The third-order valence-corrected chi connectivity index (χ3v) is 3.67. The highest BCUT2D eigenvalue weighted by Gasteiger charge is 2.27. The Morgan fingerprint density at radius 1 is 1.33 bits per heavy atom. The Balaban J connectivity index is 2.25. The summed E-state index contributed by atoms with van der Waals surface area (Å²) in [5, 5.41) is 9.92. The van der Waals surface area contributed by atoms with Crippen LogP contribution in [0.1, 0.15) is 34.1 Å². The van der Waals surface area contributed by atoms with E-state index in [1.165, 1.54) is 6.42 Å². The number of hydrogen-bond donors (Lipinski definition) is 1. The smallest absolute Gasteiger partial charge is 0.0900 e. The predicted molar refractivity (Wildman–Crippen MR) is 74.9 cm³/mol. The lowest BCUT2D eigenvalue weighted by Crippen LogP contribution is -2.39. The van der Waals surface area contributed by atoms with Crippen LogP contribution in [0.3, 0.4) is 0 Å². The Morgan fingerprint density at radius 3 is 2.56 bits per heavy atom. The Hall–Kier alpha value is -0.160. The molecule has 0 spiro atoms. The SMILES string of the molecule is CCN(CC)C1CCN(CC(O)COC(C)C)C1. The molecule has 1 heterocycles. The summed E-state index contributed by atoms with van der Waals surface area (Å²) in [4.78, 5) is 4.87. The van der Waals surface area contributed by atoms with Gasteiger partial charge in [0.2, 0.25) is 0 Å². The molecule has 0 aliphatic carbocycles. The fourth-order valence-electron chi connectivity index (χ4n) is 2.67. The molecule has 0 amide bonds. The van der Waals surface area contributed by atoms with Crippen molar-refractivity contribution in [1.82, 2.24) is 9.80 Å². The molecule has 2 unspecified atom stereocenters. The van der Waals surface area contributed by atoms with Crippen molar-refractivity contribution >= 4 is 0 Å². The average molecular weight is 258 g/mol. The van der Waals surface area contributed by atoms with Crippen LogP contribution in [0.2, 0.25) is 0 Å². The number of nitrogens with zero attached hydrogens (tertiary/aromatic N) is 2. The highest BCUT2D eigenvalue weighted by Crippen LogP contribution is 2.15. The van der Waals surface area contributed by atoms with Crippen LogP contribution in [0.15, 0.2) is 0 Å². The van der Waals surface area contributed by atoms with Gasteiger partial charge in [0.15, 0.2) is 0 Å². The van der Waals surface area contributed by atoms with E-state index in [4.69, 9.17) is 4.74 Å². The van der Waals surface area contributed by atoms with E-state index in [9.17, 15) is 5.11 Å². The summed E-state index contributed by atoms with van der Waals surface area (Å²) < 4.78 is 5.44. The summed E-state index contributed by atoms with van der Waals surface area (Å²) in [5.41, 5.74) is 0. The van der Waals surface area contributed by atoms with E-state index in [0.29, 0.717) is 12.6 Å². The molecule has 1 aliphatic heterocycles. The van der Waals surface area contributed by atoms with Crippen LogP contribution in [0, 0.1) is 0 Å². The van der Waals surface area contributed by atoms with Crippen LogP contribution < -0.4 is 0 Å². The molecular formula is C14H30N2O2. The number of ether oxygens (including phenoxy) is 1. The van der Waals surface area contributed by atoms with Crippen molar-refractivity contribution in [3.63, 3.8) is 0 Å². The van der Waals surface area contributed by atoms with Gasteiger partial charge < -0.3 is 9.84 Å². The molecule has 4 nitrogen and oxygen atoms in total. The monoisotopic (exact) mass is 258 g/mol. The van der Waals surface area contributed by atoms with Crippen LogP contribution in [0.5, 0.6) is 0 Å². The maximum absolute atomic E-state index is 9.92. The van der Waals surface area contributed by atoms with Gasteiger partial charge in [-0.25, -0.2) is 0 Å². The molecule has 1 aliphatic rings. The Kier molecular flexibility index (Phi) is 7.15. The summed E-state index contributed by atoms with van der Waals surface area (Å²) in [6.07, 6.45) is 1.06. The first-order valence-corrected chi connectivity index (χ1v) is 7.32. The average Bonchev–Trinajstić information content (AvgIpc) is 2.76. The molecule has 18 heavy (non-hydrogen) atoms. The summed E-state index contributed by atoms with van der Waals surface area (Å²) in [5.74, 6) is 0. The molecule has 1 N–H and O–H groups in total. The highest BCUT2D eigenvalue weighted by atomic mass is 16.5. The second-order valence-corrected chi connectivity index (χ2v) is 5.46. The Morgan fingerprint density at radius 2 is 2.00 bits per heavy atom. The molecule has 108 valence electrons. The van der Waals surface area contributed by atoms with Gasteiger partial charge in [-0.15, -0.1) is 0 Å². The minimum atomic E-state index is -0.358. The van der Waals surface area contributed by atoms with E-state index in [2.05, 4.69) is 23.6 Å². The van der Waals surface area contributed by atoms with Crippen molar-refractivity contribution in [2.45, 2.75) is 52.4 Å². The number of rotatable bonds is 8. The van der Waals surface area contributed by atoms with Gasteiger partial charge in [0.25, 0.3) is 0 Å². The summed E-state index contributed by atoms with van der Waals surface area (Å²) in [7, 11) is 0. The molecule has 0 bridgehead atoms. The molecule has 2 atom stereocenters. The van der Waals surface area contributed by atoms with E-state index in [-0.39, 0.29) is 12.2 Å². The van der Waals surface area contributed by atoms with Crippen molar-refractivity contribution in [3.8, 4) is 0 Å². The molecule has 1 saturated heterocycles. The van der Waals surface area contributed by atoms with Gasteiger partial charge in [0.1, 0.15) is 0 Å². The Labute approximate surface area is 112 Å². The quantitative estimate of drug-likeness (QED) is 0.709. The van der Waals surface area contributed by atoms with E-state index in [1.807, 2.05) is 13.8 Å². The van der Waals surface area contributed by atoms with Gasteiger partial charge in [-0.1, -0.05) is 13.8 Å². The standard InChI is InChI=1S/C14H30N2O2/c1-5-16(6-2)13-7-8-15(9-13)10-14(17)11-18-12(3)4/h12-14,17H,5-11H2,1-4H3. The predicted octanol–water partition coefficient (Wildman–Crippen LogP) is 1.19. The second kappa shape index (κ2) is 8.10. The van der Waals surface area contributed by atoms with Gasteiger partial charge in [-0.3, -0.25) is 9.80 Å². The highest BCUT2D eigenvalue weighted by molar-refractivity contribution is 4.83. The van der Waals surface area contributed by atoms with Crippen molar-refractivity contribution in [2.24, 2.45) is 0 Å². The van der Waals surface area contributed by atoms with Crippen LogP contribution in [-0.2, 0) is 4.74 Å². The fourth-order valence-corrected chi connectivity index (χ4v) is 2.67. The van der Waals surface area contributed by atoms with Gasteiger partial charge in [0.05, 0.1) is 18.8 Å². The second-order valence-electron chi connectivity index (χ2n) is 5.46. The number of aliphatic hydroxyl groups is 1. The van der Waals surface area contributed by atoms with Gasteiger partial charge in [0, 0.05) is 19.1 Å². The molecule has 1 rings (SSSR count). The zero-order valence-electron chi connectivity index (χ0n) is 12.4. The zero-order valence-corrected chi connectivity index (χ0v) is 12.4. The molecule has 1 fully saturated rings. The van der Waals surface area contributed by atoms with E-state index >= 15 is 0 Å². The van der Waals surface area contributed by atoms with Crippen molar-refractivity contribution in [3.05, 3.63) is 0 Å². The van der Waals surface area contributed by atoms with E-state index in [1.54, 1.807) is 0 Å². The molecular weight excluding hydrogens is 228 g/mol. The first-order chi connectivity index (χ1) is 8.56. The summed E-state index contributed by atoms with van der Waals surface area (Å²) in [6, 6.07) is 0.665. The molecule has 0 radical (unpaired) electrons. The van der Waals surface area contributed by atoms with E-state index < -0.39 is 0 Å². The lowest BCUT2D eigenvalue weighted by molar-refractivity contribution is -0.00650. The Bertz CT molecular complexity index is 220. The van der Waals surface area contributed by atoms with Crippen LogP contribution >= 0.6 is 0 Å². The fraction of sp³-hybridized carbons (Fsp3) is 1.00. The van der Waals surface area contributed by atoms with Gasteiger partial charge >= 0.3 is 0 Å². The number of hydrogen-bond acceptors (Lipinski definition) is 4. The summed E-state index contributed by atoms with van der Waals surface area (Å²) in [6.45, 7) is 14.0. The molecule has 0 aromatic rings. The topological polar surface area (TPSA) is 35.9 Å². The maximum Gasteiger partial charge on any atom is 0.0900 e. The summed E-state index contributed by atoms with van der Waals surface area (Å²) >= 11 is 0. The van der Waals surface area contributed by atoms with Crippen LogP contribution in [0.4, 0.5) is 0 Å². The van der Waals surface area contributed by atoms with Crippen molar-refractivity contribution < 1.29 is 9.84 Å². The minimum absolute atomic E-state index is 0.196. The van der Waals surface area contributed by atoms with E-state index in [0.717, 1.165) is 32.7 Å². The van der Waals surface area contributed by atoms with Crippen LogP contribution in [-0.4, -0.2) is 72.5 Å². The minimum Gasteiger partial charge on any atom is -0.389 e. The zero-order chi connectivity index (χ0) is 13.5. The number of likely N-dealkylation sites (N-methyl/N-ethyl adjacent to an activating group) is 1. The molecule has 0 aromatic heterocycles. The molecule has 0 saturated carbocycles. The third-order valence-electron chi connectivity index (χ3n) is 3.67. The van der Waals surface area contributed by atoms with Gasteiger partial charge in [-0.05, 0) is 39.9 Å². The maximum atomic E-state index is 9.92. The first kappa shape index (κ1) is 15.9. The van der Waals surface area contributed by atoms with Crippen molar-refractivity contribution in [2.75, 3.05) is 39.3 Å². The third kappa shape index (κ3) is 5.22.